The van der Waals surface area contributed by atoms with Crippen molar-refractivity contribution in [3.8, 4) is 0 Å². The zero-order chi connectivity index (χ0) is 21.1. The van der Waals surface area contributed by atoms with Gasteiger partial charge >= 0.3 is 6.03 Å². The van der Waals surface area contributed by atoms with E-state index in [0.717, 1.165) is 4.90 Å². The minimum absolute atomic E-state index is 0.0858. The van der Waals surface area contributed by atoms with E-state index in [9.17, 15) is 14.4 Å². The summed E-state index contributed by atoms with van der Waals surface area (Å²) in [5.41, 5.74) is 8.47. The van der Waals surface area contributed by atoms with Gasteiger partial charge in [0, 0.05) is 18.8 Å². The number of anilines is 3. The highest BCUT2D eigenvalue weighted by Crippen LogP contribution is 2.26. The fraction of sp³-hybridized carbons (Fsp3) is 0.0870. The van der Waals surface area contributed by atoms with E-state index in [-0.39, 0.29) is 30.9 Å². The third-order valence-corrected chi connectivity index (χ3v) is 4.86. The second kappa shape index (κ2) is 8.08. The lowest BCUT2D eigenvalue weighted by molar-refractivity contribution is 0.0656. The van der Waals surface area contributed by atoms with E-state index in [1.807, 2.05) is 30.3 Å². The van der Waals surface area contributed by atoms with Gasteiger partial charge in [0.1, 0.15) is 0 Å². The van der Waals surface area contributed by atoms with Gasteiger partial charge in [0.25, 0.3) is 11.8 Å². The van der Waals surface area contributed by atoms with Gasteiger partial charge < -0.3 is 11.1 Å². The molecule has 3 aromatic rings. The molecule has 0 unspecified atom stereocenters. The van der Waals surface area contributed by atoms with Crippen LogP contribution in [0, 0.1) is 0 Å². The van der Waals surface area contributed by atoms with Crippen molar-refractivity contribution >= 4 is 34.9 Å². The Morgan fingerprint density at radius 3 is 1.93 bits per heavy atom. The average Bonchev–Trinajstić information content (AvgIpc) is 3.01. The summed E-state index contributed by atoms with van der Waals surface area (Å²) in [7, 11) is 0. The molecule has 4 rings (SSSR count). The number of amides is 4. The summed E-state index contributed by atoms with van der Waals surface area (Å²) >= 11 is 0. The monoisotopic (exact) mass is 400 g/mol. The first-order valence-electron chi connectivity index (χ1n) is 9.50. The number of urea groups is 1. The molecule has 0 bridgehead atoms. The molecule has 1 aliphatic rings. The van der Waals surface area contributed by atoms with Crippen LogP contribution in [0.3, 0.4) is 0 Å². The van der Waals surface area contributed by atoms with Crippen LogP contribution in [-0.4, -0.2) is 35.8 Å². The van der Waals surface area contributed by atoms with Crippen LogP contribution in [0.25, 0.3) is 0 Å². The van der Waals surface area contributed by atoms with Crippen LogP contribution >= 0.6 is 0 Å². The number of rotatable bonds is 5. The maximum atomic E-state index is 13.0. The minimum Gasteiger partial charge on any atom is -0.399 e. The van der Waals surface area contributed by atoms with E-state index in [2.05, 4.69) is 5.32 Å². The summed E-state index contributed by atoms with van der Waals surface area (Å²) in [5, 5.41) is 2.80. The number of hydrogen-bond acceptors (Lipinski definition) is 4. The Kier molecular flexibility index (Phi) is 5.17. The fourth-order valence-electron chi connectivity index (χ4n) is 3.38. The van der Waals surface area contributed by atoms with Gasteiger partial charge in [0.15, 0.2) is 0 Å². The van der Waals surface area contributed by atoms with E-state index in [0.29, 0.717) is 28.2 Å². The maximum absolute atomic E-state index is 13.0. The standard InChI is InChI=1S/C23H20N4O3/c24-16-10-12-18(13-11-16)27(17-6-2-1-3-7-17)23(30)25-14-15-26-21(28)19-8-4-5-9-20(19)22(26)29/h1-13H,14-15,24H2,(H,25,30). The number of nitrogens with one attached hydrogen (secondary N) is 1. The predicted octanol–water partition coefficient (Wildman–Crippen LogP) is 3.41. The largest absolute Gasteiger partial charge is 0.399 e. The molecule has 3 aromatic carbocycles. The Morgan fingerprint density at radius 2 is 1.33 bits per heavy atom. The molecule has 0 atom stereocenters. The molecule has 0 spiro atoms. The molecule has 0 radical (unpaired) electrons. The van der Waals surface area contributed by atoms with E-state index >= 15 is 0 Å². The van der Waals surface area contributed by atoms with Crippen LogP contribution in [0.15, 0.2) is 78.9 Å². The number of nitrogens with two attached hydrogens (primary N) is 1. The first kappa shape index (κ1) is 19.2. The van der Waals surface area contributed by atoms with Crippen LogP contribution in [-0.2, 0) is 0 Å². The molecule has 3 N–H and O–H groups in total. The fourth-order valence-corrected chi connectivity index (χ4v) is 3.38. The molecule has 7 nitrogen and oxygen atoms in total. The Bertz CT molecular complexity index is 1060. The highest BCUT2D eigenvalue weighted by atomic mass is 16.2. The van der Waals surface area contributed by atoms with Crippen molar-refractivity contribution in [1.29, 1.82) is 0 Å². The molecular formula is C23H20N4O3. The summed E-state index contributed by atoms with van der Waals surface area (Å²) in [6.45, 7) is 0.213. The first-order chi connectivity index (χ1) is 14.6. The van der Waals surface area contributed by atoms with Crippen molar-refractivity contribution in [3.05, 3.63) is 90.0 Å². The molecule has 1 heterocycles. The van der Waals surface area contributed by atoms with Crippen molar-refractivity contribution in [2.24, 2.45) is 0 Å². The topological polar surface area (TPSA) is 95.7 Å². The molecule has 0 saturated carbocycles. The zero-order valence-electron chi connectivity index (χ0n) is 16.1. The zero-order valence-corrected chi connectivity index (χ0v) is 16.1. The van der Waals surface area contributed by atoms with Gasteiger partial charge in [-0.05, 0) is 48.5 Å². The first-order valence-corrected chi connectivity index (χ1v) is 9.50. The van der Waals surface area contributed by atoms with Gasteiger partial charge in [0.2, 0.25) is 0 Å². The molecule has 0 aliphatic carbocycles. The second-order valence-corrected chi connectivity index (χ2v) is 6.80. The van der Waals surface area contributed by atoms with Gasteiger partial charge in [0.05, 0.1) is 22.5 Å². The van der Waals surface area contributed by atoms with Crippen LogP contribution < -0.4 is 16.0 Å². The summed E-state index contributed by atoms with van der Waals surface area (Å²) in [6, 6.07) is 22.5. The van der Waals surface area contributed by atoms with E-state index in [1.165, 1.54) is 4.90 Å². The van der Waals surface area contributed by atoms with Gasteiger partial charge in [-0.2, -0.15) is 0 Å². The number of carbonyl (C=O) groups excluding carboxylic acids is 3. The number of nitrogen functional groups attached to an aromatic ring is 1. The molecule has 7 heteroatoms. The summed E-state index contributed by atoms with van der Waals surface area (Å²) < 4.78 is 0. The number of imide groups is 1. The van der Waals surface area contributed by atoms with Crippen molar-refractivity contribution in [1.82, 2.24) is 10.2 Å². The third-order valence-electron chi connectivity index (χ3n) is 4.86. The summed E-state index contributed by atoms with van der Waals surface area (Å²) in [6.07, 6.45) is 0. The molecule has 30 heavy (non-hydrogen) atoms. The lowest BCUT2D eigenvalue weighted by Gasteiger charge is -2.24. The number of benzene rings is 3. The second-order valence-electron chi connectivity index (χ2n) is 6.80. The molecule has 0 fully saturated rings. The van der Waals surface area contributed by atoms with Crippen molar-refractivity contribution in [2.45, 2.75) is 0 Å². The summed E-state index contributed by atoms with van der Waals surface area (Å²) in [5.74, 6) is -0.688. The number of carbonyl (C=O) groups is 3. The molecule has 1 aliphatic heterocycles. The van der Waals surface area contributed by atoms with E-state index in [1.54, 1.807) is 48.5 Å². The van der Waals surface area contributed by atoms with Crippen molar-refractivity contribution in [3.63, 3.8) is 0 Å². The quantitative estimate of drug-likeness (QED) is 0.507. The third kappa shape index (κ3) is 3.60. The molecule has 0 saturated heterocycles. The normalized spacial score (nSPS) is 12.6. The van der Waals surface area contributed by atoms with Crippen LogP contribution in [0.4, 0.5) is 21.9 Å². The molecule has 0 aromatic heterocycles. The smallest absolute Gasteiger partial charge is 0.326 e. The molecule has 150 valence electrons. The number of para-hydroxylation sites is 1. The van der Waals surface area contributed by atoms with Crippen LogP contribution in [0.5, 0.6) is 0 Å². The Balaban J connectivity index is 1.47. The lowest BCUT2D eigenvalue weighted by atomic mass is 10.1. The van der Waals surface area contributed by atoms with Crippen LogP contribution in [0.2, 0.25) is 0 Å². The molecule has 4 amide bonds. The summed E-state index contributed by atoms with van der Waals surface area (Å²) in [4.78, 5) is 40.6. The van der Waals surface area contributed by atoms with Gasteiger partial charge in [-0.15, -0.1) is 0 Å². The predicted molar refractivity (Wildman–Crippen MR) is 115 cm³/mol. The minimum atomic E-state index is -0.373. The number of fused-ring (bicyclic) bond motifs is 1. The van der Waals surface area contributed by atoms with Crippen LogP contribution in [0.1, 0.15) is 20.7 Å². The molecular weight excluding hydrogens is 380 g/mol. The Morgan fingerprint density at radius 1 is 0.800 bits per heavy atom. The van der Waals surface area contributed by atoms with Crippen molar-refractivity contribution < 1.29 is 14.4 Å². The highest BCUT2D eigenvalue weighted by molar-refractivity contribution is 6.21. The van der Waals surface area contributed by atoms with Crippen molar-refractivity contribution in [2.75, 3.05) is 23.7 Å². The maximum Gasteiger partial charge on any atom is 0.326 e. The van der Waals surface area contributed by atoms with Gasteiger partial charge in [-0.25, -0.2) is 4.79 Å². The number of nitrogens with zero attached hydrogens (tertiary/aromatic N) is 2. The van der Waals surface area contributed by atoms with Gasteiger partial charge in [-0.1, -0.05) is 30.3 Å². The lowest BCUT2D eigenvalue weighted by Crippen LogP contribution is -2.42. The van der Waals surface area contributed by atoms with E-state index in [4.69, 9.17) is 5.73 Å². The van der Waals surface area contributed by atoms with E-state index < -0.39 is 0 Å². The SMILES string of the molecule is Nc1ccc(N(C(=O)NCCN2C(=O)c3ccccc3C2=O)c2ccccc2)cc1. The highest BCUT2D eigenvalue weighted by Gasteiger charge is 2.34. The van der Waals surface area contributed by atoms with Gasteiger partial charge in [-0.3, -0.25) is 19.4 Å². The Labute approximate surface area is 173 Å². The Hall–Kier alpha value is -4.13. The number of hydrogen-bond donors (Lipinski definition) is 2. The average molecular weight is 400 g/mol.